The van der Waals surface area contributed by atoms with Crippen LogP contribution >= 0.6 is 23.5 Å². The van der Waals surface area contributed by atoms with Crippen LogP contribution in [0.2, 0.25) is 0 Å². The molecule has 3 heteroatoms. The van der Waals surface area contributed by atoms with Crippen LogP contribution in [0.3, 0.4) is 0 Å². The summed E-state index contributed by atoms with van der Waals surface area (Å²) in [6.07, 6.45) is 2.37. The maximum Gasteiger partial charge on any atom is 0.122 e. The van der Waals surface area contributed by atoms with Gasteiger partial charge in [0.1, 0.15) is 16.4 Å². The van der Waals surface area contributed by atoms with E-state index in [1.807, 2.05) is 35.7 Å². The second kappa shape index (κ2) is 5.37. The van der Waals surface area contributed by atoms with Gasteiger partial charge in [0.25, 0.3) is 0 Å². The number of rotatable bonds is 4. The minimum Gasteiger partial charge on any atom is -0.491 e. The molecule has 1 aliphatic rings. The van der Waals surface area contributed by atoms with Crippen molar-refractivity contribution in [1.29, 1.82) is 0 Å². The van der Waals surface area contributed by atoms with E-state index in [-0.39, 0.29) is 4.08 Å². The van der Waals surface area contributed by atoms with Crippen LogP contribution < -0.4 is 4.74 Å². The molecular formula is C13H17OS2. The molecule has 0 spiro atoms. The van der Waals surface area contributed by atoms with Gasteiger partial charge in [0, 0.05) is 12.0 Å². The third kappa shape index (κ3) is 2.51. The van der Waals surface area contributed by atoms with E-state index in [1.54, 1.807) is 0 Å². The summed E-state index contributed by atoms with van der Waals surface area (Å²) in [5.74, 6) is 3.26. The van der Waals surface area contributed by atoms with Crippen LogP contribution in [0.25, 0.3) is 0 Å². The average molecular weight is 253 g/mol. The monoisotopic (exact) mass is 253 g/mol. The Kier molecular flexibility index (Phi) is 4.09. The molecule has 16 heavy (non-hydrogen) atoms. The Bertz CT molecular complexity index is 346. The van der Waals surface area contributed by atoms with Crippen molar-refractivity contribution in [2.75, 3.05) is 18.1 Å². The van der Waals surface area contributed by atoms with Gasteiger partial charge in [-0.1, -0.05) is 32.0 Å². The lowest BCUT2D eigenvalue weighted by molar-refractivity contribution is 0.302. The van der Waals surface area contributed by atoms with Crippen molar-refractivity contribution in [3.05, 3.63) is 36.2 Å². The summed E-state index contributed by atoms with van der Waals surface area (Å²) in [5, 5.41) is 0. The van der Waals surface area contributed by atoms with E-state index < -0.39 is 0 Å². The molecule has 0 saturated heterocycles. The quantitative estimate of drug-likeness (QED) is 0.755. The van der Waals surface area contributed by atoms with Crippen LogP contribution in [0, 0.1) is 6.42 Å². The second-order valence-corrected chi connectivity index (χ2v) is 7.10. The lowest BCUT2D eigenvalue weighted by atomic mass is 10.1. The predicted molar refractivity (Wildman–Crippen MR) is 74.3 cm³/mol. The van der Waals surface area contributed by atoms with Crippen molar-refractivity contribution in [3.8, 4) is 5.75 Å². The average Bonchev–Trinajstić information content (AvgIpc) is 2.30. The van der Waals surface area contributed by atoms with Crippen LogP contribution in [-0.4, -0.2) is 22.2 Å². The molecule has 0 fully saturated rings. The highest BCUT2D eigenvalue weighted by atomic mass is 32.2. The fourth-order valence-corrected chi connectivity index (χ4v) is 4.61. The van der Waals surface area contributed by atoms with Crippen molar-refractivity contribution in [2.45, 2.75) is 17.9 Å². The maximum atomic E-state index is 5.87. The second-order valence-electron chi connectivity index (χ2n) is 3.65. The largest absolute Gasteiger partial charge is 0.491 e. The molecule has 0 saturated carbocycles. The van der Waals surface area contributed by atoms with E-state index in [0.717, 1.165) is 23.9 Å². The Labute approximate surface area is 106 Å². The summed E-state index contributed by atoms with van der Waals surface area (Å²) in [6.45, 7) is 5.19. The molecule has 0 N–H and O–H groups in total. The summed E-state index contributed by atoms with van der Waals surface area (Å²) in [6, 6.07) is 8.28. The summed E-state index contributed by atoms with van der Waals surface area (Å²) in [7, 11) is 0. The fraction of sp³-hybridized carbons (Fsp3) is 0.462. The Balaban J connectivity index is 2.20. The smallest absolute Gasteiger partial charge is 0.122 e. The molecule has 1 aromatic rings. The lowest BCUT2D eigenvalue weighted by Gasteiger charge is -2.36. The van der Waals surface area contributed by atoms with Crippen LogP contribution in [0.15, 0.2) is 24.3 Å². The molecule has 87 valence electrons. The number of para-hydroxylation sites is 1. The number of benzene rings is 1. The highest BCUT2D eigenvalue weighted by molar-refractivity contribution is 8.18. The summed E-state index contributed by atoms with van der Waals surface area (Å²) < 4.78 is 5.98. The third-order valence-electron chi connectivity index (χ3n) is 2.50. The van der Waals surface area contributed by atoms with Crippen LogP contribution in [0.5, 0.6) is 5.75 Å². The zero-order valence-corrected chi connectivity index (χ0v) is 11.4. The minimum atomic E-state index is 0.109. The van der Waals surface area contributed by atoms with E-state index in [4.69, 9.17) is 4.74 Å². The first kappa shape index (κ1) is 12.2. The third-order valence-corrected chi connectivity index (χ3v) is 5.23. The molecule has 0 aliphatic carbocycles. The van der Waals surface area contributed by atoms with Gasteiger partial charge in [0.2, 0.25) is 0 Å². The predicted octanol–water partition coefficient (Wildman–Crippen LogP) is 3.83. The first-order valence-corrected chi connectivity index (χ1v) is 7.62. The van der Waals surface area contributed by atoms with Gasteiger partial charge in [-0.15, -0.1) is 23.5 Å². The highest BCUT2D eigenvalue weighted by Gasteiger charge is 2.36. The van der Waals surface area contributed by atoms with Gasteiger partial charge in [-0.25, -0.2) is 0 Å². The summed E-state index contributed by atoms with van der Waals surface area (Å²) in [4.78, 5) is 0. The Hall–Kier alpha value is -0.280. The van der Waals surface area contributed by atoms with Crippen molar-refractivity contribution >= 4 is 23.5 Å². The van der Waals surface area contributed by atoms with Crippen molar-refractivity contribution in [2.24, 2.45) is 0 Å². The molecule has 0 unspecified atom stereocenters. The van der Waals surface area contributed by atoms with Crippen LogP contribution in [0.4, 0.5) is 0 Å². The van der Waals surface area contributed by atoms with Gasteiger partial charge in [-0.2, -0.15) is 0 Å². The molecule has 0 bridgehead atoms. The van der Waals surface area contributed by atoms with Crippen molar-refractivity contribution < 1.29 is 4.74 Å². The van der Waals surface area contributed by atoms with Gasteiger partial charge in [-0.3, -0.25) is 0 Å². The molecule has 0 amide bonds. The highest BCUT2D eigenvalue weighted by Crippen LogP contribution is 2.46. The Morgan fingerprint density at radius 3 is 2.56 bits per heavy atom. The minimum absolute atomic E-state index is 0.109. The van der Waals surface area contributed by atoms with Gasteiger partial charge in [-0.05, 0) is 17.6 Å². The molecule has 0 atom stereocenters. The molecule has 0 aromatic heterocycles. The SMILES string of the molecule is CCSC1(SCC)[CH]c2ccccc2OC1. The number of hydrogen-bond donors (Lipinski definition) is 0. The number of hydrogen-bond acceptors (Lipinski definition) is 3. The standard InChI is InChI=1S/C13H17OS2/c1-3-15-13(16-4-2)9-11-7-5-6-8-12(11)14-10-13/h5-9H,3-4,10H2,1-2H3. The van der Waals surface area contributed by atoms with Gasteiger partial charge in [0.05, 0.1) is 0 Å². The summed E-state index contributed by atoms with van der Waals surface area (Å²) in [5.41, 5.74) is 1.23. The molecule has 1 aliphatic heterocycles. The normalized spacial score (nSPS) is 17.6. The molecule has 1 aromatic carbocycles. The topological polar surface area (TPSA) is 9.23 Å². The van der Waals surface area contributed by atoms with E-state index in [1.165, 1.54) is 5.56 Å². The number of thioether (sulfide) groups is 2. The maximum absolute atomic E-state index is 5.87. The summed E-state index contributed by atoms with van der Waals surface area (Å²) >= 11 is 3.94. The van der Waals surface area contributed by atoms with E-state index in [9.17, 15) is 0 Å². The van der Waals surface area contributed by atoms with E-state index >= 15 is 0 Å². The molecular weight excluding hydrogens is 236 g/mol. The molecule has 1 nitrogen and oxygen atoms in total. The number of fused-ring (bicyclic) bond motifs is 1. The van der Waals surface area contributed by atoms with Crippen LogP contribution in [-0.2, 0) is 0 Å². The first-order chi connectivity index (χ1) is 7.79. The van der Waals surface area contributed by atoms with Crippen LogP contribution in [0.1, 0.15) is 19.4 Å². The van der Waals surface area contributed by atoms with Crippen molar-refractivity contribution in [1.82, 2.24) is 0 Å². The first-order valence-electron chi connectivity index (χ1n) is 5.65. The zero-order valence-electron chi connectivity index (χ0n) is 9.73. The lowest BCUT2D eigenvalue weighted by Crippen LogP contribution is -2.34. The molecule has 1 heterocycles. The molecule has 2 rings (SSSR count). The fourth-order valence-electron chi connectivity index (χ4n) is 1.89. The van der Waals surface area contributed by atoms with Gasteiger partial charge in [0.15, 0.2) is 0 Å². The van der Waals surface area contributed by atoms with E-state index in [2.05, 4.69) is 32.4 Å². The van der Waals surface area contributed by atoms with E-state index in [0.29, 0.717) is 0 Å². The Morgan fingerprint density at radius 1 is 1.19 bits per heavy atom. The Morgan fingerprint density at radius 2 is 1.88 bits per heavy atom. The molecule has 1 radical (unpaired) electrons. The van der Waals surface area contributed by atoms with Gasteiger partial charge < -0.3 is 4.74 Å². The number of ether oxygens (including phenoxy) is 1. The van der Waals surface area contributed by atoms with Crippen molar-refractivity contribution in [3.63, 3.8) is 0 Å². The zero-order chi connectivity index (χ0) is 11.4. The van der Waals surface area contributed by atoms with Gasteiger partial charge >= 0.3 is 0 Å².